The van der Waals surface area contributed by atoms with Crippen molar-refractivity contribution in [1.82, 2.24) is 5.32 Å². The van der Waals surface area contributed by atoms with Crippen molar-refractivity contribution in [3.63, 3.8) is 0 Å². The van der Waals surface area contributed by atoms with Crippen LogP contribution in [0.1, 0.15) is 5.56 Å². The summed E-state index contributed by atoms with van der Waals surface area (Å²) in [7, 11) is 0. The van der Waals surface area contributed by atoms with E-state index in [9.17, 15) is 4.39 Å². The second-order valence-electron chi connectivity index (χ2n) is 2.32. The maximum Gasteiger partial charge on any atom is 0.102 e. The minimum Gasteiger partial charge on any atom is -0.314 e. The van der Waals surface area contributed by atoms with E-state index < -0.39 is 0 Å². The van der Waals surface area contributed by atoms with Crippen molar-refractivity contribution in [2.75, 3.05) is 19.8 Å². The average Bonchev–Trinajstić information content (AvgIpc) is 2.50. The summed E-state index contributed by atoms with van der Waals surface area (Å²) < 4.78 is 11.6. The van der Waals surface area contributed by atoms with Gasteiger partial charge in [0.1, 0.15) is 6.67 Å². The van der Waals surface area contributed by atoms with Gasteiger partial charge in [0.05, 0.1) is 0 Å². The van der Waals surface area contributed by atoms with Crippen molar-refractivity contribution in [1.29, 1.82) is 0 Å². The van der Waals surface area contributed by atoms with Crippen LogP contribution in [0.4, 0.5) is 4.39 Å². The monoisotopic (exact) mass is 173 g/mol. The first kappa shape index (κ1) is 8.68. The van der Waals surface area contributed by atoms with Crippen LogP contribution >= 0.6 is 11.3 Å². The average molecular weight is 173 g/mol. The Kier molecular flexibility index (Phi) is 4.16. The van der Waals surface area contributed by atoms with Crippen LogP contribution in [0.25, 0.3) is 0 Å². The van der Waals surface area contributed by atoms with Crippen molar-refractivity contribution >= 4 is 11.3 Å². The van der Waals surface area contributed by atoms with Crippen molar-refractivity contribution in [2.24, 2.45) is 0 Å². The minimum absolute atomic E-state index is 0.274. The van der Waals surface area contributed by atoms with Gasteiger partial charge in [0, 0.05) is 6.54 Å². The number of nitrogens with one attached hydrogen (secondary N) is 1. The second kappa shape index (κ2) is 5.27. The summed E-state index contributed by atoms with van der Waals surface area (Å²) in [4.78, 5) is 0. The van der Waals surface area contributed by atoms with Crippen molar-refractivity contribution in [3.8, 4) is 0 Å². The first-order valence-corrected chi connectivity index (χ1v) is 4.65. The molecular weight excluding hydrogens is 161 g/mol. The summed E-state index contributed by atoms with van der Waals surface area (Å²) in [5.74, 6) is 0. The standard InChI is InChI=1S/C8H12FNS/c9-3-5-10-4-1-8-2-6-11-7-8/h2,6-7,10H,1,3-5H2. The van der Waals surface area contributed by atoms with E-state index >= 15 is 0 Å². The summed E-state index contributed by atoms with van der Waals surface area (Å²) >= 11 is 1.70. The molecule has 0 unspecified atom stereocenters. The van der Waals surface area contributed by atoms with Gasteiger partial charge in [-0.2, -0.15) is 11.3 Å². The fourth-order valence-corrected chi connectivity index (χ4v) is 1.56. The van der Waals surface area contributed by atoms with Crippen LogP contribution in [0.3, 0.4) is 0 Å². The van der Waals surface area contributed by atoms with E-state index in [2.05, 4.69) is 22.1 Å². The molecular formula is C8H12FNS. The van der Waals surface area contributed by atoms with Crippen molar-refractivity contribution in [3.05, 3.63) is 22.4 Å². The van der Waals surface area contributed by atoms with E-state index in [1.807, 2.05) is 0 Å². The lowest BCUT2D eigenvalue weighted by Gasteiger charge is -1.98. The summed E-state index contributed by atoms with van der Waals surface area (Å²) in [6.45, 7) is 1.08. The molecule has 62 valence electrons. The summed E-state index contributed by atoms with van der Waals surface area (Å²) in [6.07, 6.45) is 1.00. The Morgan fingerprint density at radius 3 is 3.00 bits per heavy atom. The third-order valence-corrected chi connectivity index (χ3v) is 2.17. The highest BCUT2D eigenvalue weighted by atomic mass is 32.1. The number of rotatable bonds is 5. The fourth-order valence-electron chi connectivity index (χ4n) is 0.859. The Bertz CT molecular complexity index is 174. The van der Waals surface area contributed by atoms with Gasteiger partial charge in [0.2, 0.25) is 0 Å². The van der Waals surface area contributed by atoms with Gasteiger partial charge in [-0.05, 0) is 35.4 Å². The zero-order valence-corrected chi connectivity index (χ0v) is 7.16. The van der Waals surface area contributed by atoms with Crippen molar-refractivity contribution in [2.45, 2.75) is 6.42 Å². The van der Waals surface area contributed by atoms with Crippen LogP contribution in [0, 0.1) is 0 Å². The molecule has 1 nitrogen and oxygen atoms in total. The predicted molar refractivity (Wildman–Crippen MR) is 46.9 cm³/mol. The van der Waals surface area contributed by atoms with Crippen LogP contribution in [0.15, 0.2) is 16.8 Å². The second-order valence-corrected chi connectivity index (χ2v) is 3.10. The third-order valence-electron chi connectivity index (χ3n) is 1.44. The molecule has 1 aromatic heterocycles. The van der Waals surface area contributed by atoms with Crippen LogP contribution in [0.2, 0.25) is 0 Å². The largest absolute Gasteiger partial charge is 0.314 e. The van der Waals surface area contributed by atoms with Gasteiger partial charge in [0.15, 0.2) is 0 Å². The van der Waals surface area contributed by atoms with E-state index in [-0.39, 0.29) is 6.67 Å². The Balaban J connectivity index is 2.04. The Morgan fingerprint density at radius 1 is 1.45 bits per heavy atom. The number of thiophene rings is 1. The molecule has 1 heterocycles. The topological polar surface area (TPSA) is 12.0 Å². The smallest absolute Gasteiger partial charge is 0.102 e. The molecule has 0 aliphatic carbocycles. The van der Waals surface area contributed by atoms with Crippen LogP contribution in [-0.4, -0.2) is 19.8 Å². The number of halogens is 1. The number of hydrogen-bond donors (Lipinski definition) is 1. The van der Waals surface area contributed by atoms with Crippen LogP contribution in [0.5, 0.6) is 0 Å². The molecule has 0 radical (unpaired) electrons. The lowest BCUT2D eigenvalue weighted by Crippen LogP contribution is -2.19. The molecule has 1 rings (SSSR count). The molecule has 11 heavy (non-hydrogen) atoms. The first-order chi connectivity index (χ1) is 5.43. The van der Waals surface area contributed by atoms with Gasteiger partial charge >= 0.3 is 0 Å². The molecule has 0 bridgehead atoms. The van der Waals surface area contributed by atoms with Crippen molar-refractivity contribution < 1.29 is 4.39 Å². The molecule has 0 spiro atoms. The van der Waals surface area contributed by atoms with Crippen LogP contribution in [-0.2, 0) is 6.42 Å². The van der Waals surface area contributed by atoms with E-state index in [1.165, 1.54) is 5.56 Å². The molecule has 3 heteroatoms. The molecule has 0 aliphatic rings. The molecule has 0 saturated heterocycles. The zero-order chi connectivity index (χ0) is 7.94. The molecule has 1 N–H and O–H groups in total. The lowest BCUT2D eigenvalue weighted by atomic mass is 10.2. The summed E-state index contributed by atoms with van der Waals surface area (Å²) in [5.41, 5.74) is 1.33. The van der Waals surface area contributed by atoms with Gasteiger partial charge in [-0.25, -0.2) is 4.39 Å². The van der Waals surface area contributed by atoms with E-state index in [4.69, 9.17) is 0 Å². The van der Waals surface area contributed by atoms with Gasteiger partial charge in [-0.3, -0.25) is 0 Å². The highest BCUT2D eigenvalue weighted by Crippen LogP contribution is 2.05. The molecule has 0 fully saturated rings. The normalized spacial score (nSPS) is 10.3. The Hall–Kier alpha value is -0.410. The number of hydrogen-bond acceptors (Lipinski definition) is 2. The lowest BCUT2D eigenvalue weighted by molar-refractivity contribution is 0.468. The van der Waals surface area contributed by atoms with Crippen LogP contribution < -0.4 is 5.32 Å². The number of alkyl halides is 1. The molecule has 0 amide bonds. The zero-order valence-electron chi connectivity index (χ0n) is 6.35. The van der Waals surface area contributed by atoms with Gasteiger partial charge in [-0.15, -0.1) is 0 Å². The summed E-state index contributed by atoms with van der Waals surface area (Å²) in [5, 5.41) is 7.19. The van der Waals surface area contributed by atoms with E-state index in [0.29, 0.717) is 6.54 Å². The highest BCUT2D eigenvalue weighted by molar-refractivity contribution is 7.07. The molecule has 0 aromatic carbocycles. The first-order valence-electron chi connectivity index (χ1n) is 3.71. The predicted octanol–water partition coefficient (Wildman–Crippen LogP) is 1.85. The highest BCUT2D eigenvalue weighted by Gasteiger charge is 1.91. The Labute approximate surface area is 70.2 Å². The quantitative estimate of drug-likeness (QED) is 0.670. The van der Waals surface area contributed by atoms with Gasteiger partial charge < -0.3 is 5.32 Å². The third kappa shape index (κ3) is 3.49. The Morgan fingerprint density at radius 2 is 2.36 bits per heavy atom. The SMILES string of the molecule is FCCNCCc1ccsc1. The molecule has 0 atom stereocenters. The fraction of sp³-hybridized carbons (Fsp3) is 0.500. The van der Waals surface area contributed by atoms with E-state index in [1.54, 1.807) is 11.3 Å². The molecule has 1 aromatic rings. The van der Waals surface area contributed by atoms with E-state index in [0.717, 1.165) is 13.0 Å². The molecule has 0 saturated carbocycles. The minimum atomic E-state index is -0.274. The maximum atomic E-state index is 11.6. The molecule has 0 aliphatic heterocycles. The van der Waals surface area contributed by atoms with Gasteiger partial charge in [0.25, 0.3) is 0 Å². The summed E-state index contributed by atoms with van der Waals surface area (Å²) in [6, 6.07) is 2.10. The maximum absolute atomic E-state index is 11.6. The van der Waals surface area contributed by atoms with Gasteiger partial charge in [-0.1, -0.05) is 0 Å².